The van der Waals surface area contributed by atoms with Crippen molar-refractivity contribution < 1.29 is 23.9 Å². The predicted molar refractivity (Wildman–Crippen MR) is 200 cm³/mol. The SMILES string of the molecule is CC1=C(CCC/C(C)=C/C=C/C(C)=C/C(=O)OCCCCCCCCCCCCC(=O)CCCCC2CCCC(=O)O2)C(C)(C)CCC1. The Balaban J connectivity index is 1.38. The second kappa shape index (κ2) is 24.7. The Bertz CT molecular complexity index is 1090. The van der Waals surface area contributed by atoms with Gasteiger partial charge in [0, 0.05) is 25.3 Å². The maximum Gasteiger partial charge on any atom is 0.331 e. The van der Waals surface area contributed by atoms with Crippen molar-refractivity contribution in [3.05, 3.63) is 46.6 Å². The van der Waals surface area contributed by atoms with Gasteiger partial charge >= 0.3 is 11.9 Å². The van der Waals surface area contributed by atoms with Gasteiger partial charge in [0.2, 0.25) is 0 Å². The predicted octanol–water partition coefficient (Wildman–Crippen LogP) is 12.2. The summed E-state index contributed by atoms with van der Waals surface area (Å²) in [6.45, 7) is 11.8. The highest BCUT2D eigenvalue weighted by atomic mass is 16.5. The Morgan fingerprint density at radius 1 is 0.833 bits per heavy atom. The quantitative estimate of drug-likeness (QED) is 0.0319. The number of unbranched alkanes of at least 4 members (excludes halogenated alkanes) is 10. The van der Waals surface area contributed by atoms with Crippen molar-refractivity contribution in [2.45, 2.75) is 195 Å². The Labute approximate surface area is 294 Å². The minimum atomic E-state index is -0.248. The van der Waals surface area contributed by atoms with Crippen LogP contribution in [0.5, 0.6) is 0 Å². The average Bonchev–Trinajstić information content (AvgIpc) is 3.03. The molecule has 1 atom stereocenters. The Hall–Kier alpha value is -2.43. The first-order valence-corrected chi connectivity index (χ1v) is 19.7. The van der Waals surface area contributed by atoms with Gasteiger partial charge < -0.3 is 9.47 Å². The van der Waals surface area contributed by atoms with Crippen LogP contribution in [0.2, 0.25) is 0 Å². The Morgan fingerprint density at radius 2 is 1.48 bits per heavy atom. The van der Waals surface area contributed by atoms with E-state index in [-0.39, 0.29) is 18.0 Å². The first-order chi connectivity index (χ1) is 23.1. The molecule has 0 radical (unpaired) electrons. The van der Waals surface area contributed by atoms with Gasteiger partial charge in [0.05, 0.1) is 6.61 Å². The van der Waals surface area contributed by atoms with Crippen molar-refractivity contribution in [1.82, 2.24) is 0 Å². The van der Waals surface area contributed by atoms with Gasteiger partial charge in [0.25, 0.3) is 0 Å². The van der Waals surface area contributed by atoms with E-state index < -0.39 is 0 Å². The molecule has 48 heavy (non-hydrogen) atoms. The van der Waals surface area contributed by atoms with E-state index in [4.69, 9.17) is 9.47 Å². The average molecular weight is 667 g/mol. The summed E-state index contributed by atoms with van der Waals surface area (Å²) in [5.41, 5.74) is 5.95. The van der Waals surface area contributed by atoms with Gasteiger partial charge in [-0.15, -0.1) is 0 Å². The summed E-state index contributed by atoms with van der Waals surface area (Å²) in [6, 6.07) is 0. The Morgan fingerprint density at radius 3 is 2.15 bits per heavy atom. The van der Waals surface area contributed by atoms with E-state index in [1.165, 1.54) is 76.2 Å². The molecule has 1 saturated heterocycles. The van der Waals surface area contributed by atoms with Gasteiger partial charge in [0.1, 0.15) is 11.9 Å². The molecule has 1 unspecified atom stereocenters. The maximum atomic E-state index is 12.2. The van der Waals surface area contributed by atoms with E-state index >= 15 is 0 Å². The highest BCUT2D eigenvalue weighted by Crippen LogP contribution is 2.42. The molecular weight excluding hydrogens is 596 g/mol. The fraction of sp³-hybridized carbons (Fsp3) is 0.744. The van der Waals surface area contributed by atoms with Crippen LogP contribution < -0.4 is 0 Å². The maximum absolute atomic E-state index is 12.2. The van der Waals surface area contributed by atoms with E-state index in [0.29, 0.717) is 37.1 Å². The summed E-state index contributed by atoms with van der Waals surface area (Å²) in [5.74, 6) is 0.0729. The molecule has 0 spiro atoms. The van der Waals surface area contributed by atoms with Crippen molar-refractivity contribution in [2.75, 3.05) is 6.61 Å². The molecule has 0 aromatic carbocycles. The summed E-state index contributed by atoms with van der Waals surface area (Å²) in [4.78, 5) is 35.7. The van der Waals surface area contributed by atoms with E-state index in [2.05, 4.69) is 39.8 Å². The lowest BCUT2D eigenvalue weighted by molar-refractivity contribution is -0.154. The fourth-order valence-electron chi connectivity index (χ4n) is 7.31. The zero-order chi connectivity index (χ0) is 35.0. The lowest BCUT2D eigenvalue weighted by Crippen LogP contribution is -2.23. The molecular formula is C43H70O5. The third-order valence-electron chi connectivity index (χ3n) is 10.3. The number of hydrogen-bond donors (Lipinski definition) is 0. The van der Waals surface area contributed by atoms with Crippen LogP contribution in [0.15, 0.2) is 46.6 Å². The number of rotatable bonds is 25. The zero-order valence-corrected chi connectivity index (χ0v) is 31.6. The van der Waals surface area contributed by atoms with Crippen LogP contribution in [0.1, 0.15) is 189 Å². The monoisotopic (exact) mass is 667 g/mol. The van der Waals surface area contributed by atoms with Gasteiger partial charge in [-0.25, -0.2) is 4.79 Å². The molecule has 0 bridgehead atoms. The van der Waals surface area contributed by atoms with Crippen LogP contribution in [0.25, 0.3) is 0 Å². The fourth-order valence-corrected chi connectivity index (χ4v) is 7.31. The summed E-state index contributed by atoms with van der Waals surface area (Å²) >= 11 is 0. The highest BCUT2D eigenvalue weighted by molar-refractivity contribution is 5.83. The normalized spacial score (nSPS) is 18.8. The minimum Gasteiger partial charge on any atom is -0.463 e. The topological polar surface area (TPSA) is 69.7 Å². The molecule has 0 aromatic rings. The number of cyclic esters (lactones) is 1. The third-order valence-corrected chi connectivity index (χ3v) is 10.3. The second-order valence-electron chi connectivity index (χ2n) is 15.4. The number of esters is 2. The molecule has 0 amide bonds. The van der Waals surface area contributed by atoms with Crippen molar-refractivity contribution in [2.24, 2.45) is 5.41 Å². The summed E-state index contributed by atoms with van der Waals surface area (Å²) in [6.07, 6.45) is 33.5. The van der Waals surface area contributed by atoms with Gasteiger partial charge in [-0.05, 0) is 115 Å². The molecule has 1 aliphatic carbocycles. The standard InChI is InChI=1S/C43H70O5/c1-35(23-19-30-40-37(3)25-21-32-43(40,4)5)22-18-24-36(2)34-42(46)47-33-17-13-11-9-7-6-8-10-12-14-26-38(44)27-15-16-28-39-29-20-31-41(45)48-39/h18,22,24,34,39H,6-17,19-21,23,25-33H2,1-5H3/b24-18+,35-22+,36-34+. The van der Waals surface area contributed by atoms with Crippen LogP contribution in [0, 0.1) is 5.41 Å². The number of carbonyl (C=O) groups excluding carboxylic acids is 3. The number of Topliss-reactive ketones (excluding diaryl/α,β-unsaturated/α-hetero) is 1. The van der Waals surface area contributed by atoms with Crippen molar-refractivity contribution >= 4 is 17.7 Å². The molecule has 0 N–H and O–H groups in total. The highest BCUT2D eigenvalue weighted by Gasteiger charge is 2.27. The first-order valence-electron chi connectivity index (χ1n) is 19.7. The molecule has 0 saturated carbocycles. The van der Waals surface area contributed by atoms with Crippen LogP contribution >= 0.6 is 0 Å². The summed E-state index contributed by atoms with van der Waals surface area (Å²) in [5, 5.41) is 0. The molecule has 1 aliphatic heterocycles. The largest absolute Gasteiger partial charge is 0.463 e. The molecule has 1 fully saturated rings. The van der Waals surface area contributed by atoms with Crippen molar-refractivity contribution in [1.29, 1.82) is 0 Å². The van der Waals surface area contributed by atoms with Crippen LogP contribution in [0.3, 0.4) is 0 Å². The summed E-state index contributed by atoms with van der Waals surface area (Å²) in [7, 11) is 0. The molecule has 5 heteroatoms. The van der Waals surface area contributed by atoms with E-state index in [1.807, 2.05) is 13.0 Å². The number of ketones is 1. The van der Waals surface area contributed by atoms with E-state index in [1.54, 1.807) is 17.2 Å². The molecule has 272 valence electrons. The molecule has 2 aliphatic rings. The van der Waals surface area contributed by atoms with Gasteiger partial charge in [0.15, 0.2) is 0 Å². The van der Waals surface area contributed by atoms with E-state index in [0.717, 1.165) is 69.8 Å². The zero-order valence-electron chi connectivity index (χ0n) is 31.6. The lowest BCUT2D eigenvalue weighted by atomic mass is 9.71. The number of allylic oxidation sites excluding steroid dienone is 7. The Kier molecular flexibility index (Phi) is 21.4. The molecule has 5 nitrogen and oxygen atoms in total. The van der Waals surface area contributed by atoms with E-state index in [9.17, 15) is 14.4 Å². The summed E-state index contributed by atoms with van der Waals surface area (Å²) < 4.78 is 10.8. The number of carbonyl (C=O) groups is 3. The minimum absolute atomic E-state index is 0.0634. The lowest BCUT2D eigenvalue weighted by Gasteiger charge is -2.34. The van der Waals surface area contributed by atoms with Crippen LogP contribution in [-0.2, 0) is 23.9 Å². The van der Waals surface area contributed by atoms with Gasteiger partial charge in [-0.1, -0.05) is 100 Å². The van der Waals surface area contributed by atoms with Crippen molar-refractivity contribution in [3.8, 4) is 0 Å². The molecule has 0 aromatic heterocycles. The number of ether oxygens (including phenoxy) is 2. The molecule has 1 heterocycles. The van der Waals surface area contributed by atoms with Crippen LogP contribution in [-0.4, -0.2) is 30.4 Å². The number of hydrogen-bond acceptors (Lipinski definition) is 5. The van der Waals surface area contributed by atoms with Crippen molar-refractivity contribution in [3.63, 3.8) is 0 Å². The first kappa shape index (κ1) is 41.7. The second-order valence-corrected chi connectivity index (χ2v) is 15.4. The van der Waals surface area contributed by atoms with Crippen LogP contribution in [0.4, 0.5) is 0 Å². The van der Waals surface area contributed by atoms with Gasteiger partial charge in [-0.2, -0.15) is 0 Å². The van der Waals surface area contributed by atoms with Gasteiger partial charge in [-0.3, -0.25) is 9.59 Å². The molecule has 2 rings (SSSR count). The third kappa shape index (κ3) is 19.5. The smallest absolute Gasteiger partial charge is 0.331 e.